The number of benzene rings is 2. The molecule has 22 heavy (non-hydrogen) atoms. The van der Waals surface area contributed by atoms with Crippen LogP contribution in [0.3, 0.4) is 0 Å². The van der Waals surface area contributed by atoms with Crippen molar-refractivity contribution in [3.8, 4) is 0 Å². The van der Waals surface area contributed by atoms with Crippen LogP contribution in [0.2, 0.25) is 0 Å². The Hall–Kier alpha value is -2.62. The maximum atomic E-state index is 11.1. The van der Waals surface area contributed by atoms with Gasteiger partial charge in [-0.05, 0) is 24.6 Å². The zero-order chi connectivity index (χ0) is 15.5. The van der Waals surface area contributed by atoms with Crippen LogP contribution in [0, 0.1) is 0 Å². The molecule has 3 rings (SSSR count). The summed E-state index contributed by atoms with van der Waals surface area (Å²) in [6.07, 6.45) is 0.779. The largest absolute Gasteiger partial charge is 0.481 e. The summed E-state index contributed by atoms with van der Waals surface area (Å²) in [6, 6.07) is 17.9. The van der Waals surface area contributed by atoms with Crippen LogP contribution in [-0.2, 0) is 11.2 Å². The third kappa shape index (κ3) is 2.86. The summed E-state index contributed by atoms with van der Waals surface area (Å²) >= 11 is 0. The van der Waals surface area contributed by atoms with Gasteiger partial charge in [0, 0.05) is 12.5 Å². The van der Waals surface area contributed by atoms with Crippen molar-refractivity contribution in [2.75, 3.05) is 0 Å². The van der Waals surface area contributed by atoms with Crippen molar-refractivity contribution in [1.82, 2.24) is 9.55 Å². The Balaban J connectivity index is 2.06. The van der Waals surface area contributed by atoms with Crippen LogP contribution in [0.25, 0.3) is 11.0 Å². The summed E-state index contributed by atoms with van der Waals surface area (Å²) in [5.74, 6) is 0.108. The molecule has 0 amide bonds. The van der Waals surface area contributed by atoms with E-state index in [1.807, 2.05) is 49.4 Å². The Labute approximate surface area is 129 Å². The maximum absolute atomic E-state index is 11.1. The van der Waals surface area contributed by atoms with E-state index in [9.17, 15) is 4.79 Å². The van der Waals surface area contributed by atoms with Crippen LogP contribution >= 0.6 is 0 Å². The van der Waals surface area contributed by atoms with E-state index in [-0.39, 0.29) is 12.5 Å². The lowest BCUT2D eigenvalue weighted by atomic mass is 10.1. The van der Waals surface area contributed by atoms with Gasteiger partial charge in [-0.3, -0.25) is 4.79 Å². The molecule has 4 heteroatoms. The van der Waals surface area contributed by atoms with Crippen LogP contribution in [0.4, 0.5) is 0 Å². The van der Waals surface area contributed by atoms with Gasteiger partial charge in [0.05, 0.1) is 17.5 Å². The van der Waals surface area contributed by atoms with Crippen LogP contribution in [0.15, 0.2) is 54.6 Å². The summed E-state index contributed by atoms with van der Waals surface area (Å²) in [7, 11) is 0. The third-order valence-corrected chi connectivity index (χ3v) is 3.78. The molecule has 1 unspecified atom stereocenters. The minimum atomic E-state index is -0.795. The number of carboxylic acids is 1. The summed E-state index contributed by atoms with van der Waals surface area (Å²) in [5, 5.41) is 9.10. The van der Waals surface area contributed by atoms with E-state index in [2.05, 4.69) is 16.7 Å². The molecule has 0 saturated carbocycles. The molecule has 0 bridgehead atoms. The summed E-state index contributed by atoms with van der Waals surface area (Å²) in [4.78, 5) is 15.8. The highest BCUT2D eigenvalue weighted by Gasteiger charge is 2.18. The highest BCUT2D eigenvalue weighted by Crippen LogP contribution is 2.24. The second-order valence-electron chi connectivity index (χ2n) is 5.50. The van der Waals surface area contributed by atoms with E-state index in [4.69, 9.17) is 10.1 Å². The summed E-state index contributed by atoms with van der Waals surface area (Å²) in [5.41, 5.74) is 3.06. The van der Waals surface area contributed by atoms with Crippen molar-refractivity contribution in [3.05, 3.63) is 66.0 Å². The molecule has 2 aromatic carbocycles. The molecule has 3 aromatic rings. The highest BCUT2D eigenvalue weighted by molar-refractivity contribution is 5.76. The lowest BCUT2D eigenvalue weighted by molar-refractivity contribution is -0.137. The number of hydrogen-bond donors (Lipinski definition) is 1. The minimum absolute atomic E-state index is 0.0855. The number of aromatic nitrogens is 2. The van der Waals surface area contributed by atoms with E-state index >= 15 is 0 Å². The molecule has 0 saturated heterocycles. The van der Waals surface area contributed by atoms with E-state index in [0.29, 0.717) is 6.42 Å². The quantitative estimate of drug-likeness (QED) is 0.781. The molecule has 0 aliphatic heterocycles. The maximum Gasteiger partial charge on any atom is 0.305 e. The number of carbonyl (C=O) groups is 1. The van der Waals surface area contributed by atoms with Crippen LogP contribution in [0.5, 0.6) is 0 Å². The van der Waals surface area contributed by atoms with E-state index in [1.165, 1.54) is 5.56 Å². The zero-order valence-corrected chi connectivity index (χ0v) is 12.4. The van der Waals surface area contributed by atoms with Crippen LogP contribution in [0.1, 0.15) is 30.8 Å². The average Bonchev–Trinajstić information content (AvgIpc) is 2.85. The SMILES string of the molecule is CC(CC(=O)O)n1c(Cc2ccccc2)nc2ccccc21. The monoisotopic (exact) mass is 294 g/mol. The van der Waals surface area contributed by atoms with Crippen molar-refractivity contribution in [3.63, 3.8) is 0 Å². The number of hydrogen-bond acceptors (Lipinski definition) is 2. The first-order valence-electron chi connectivity index (χ1n) is 7.36. The Kier molecular flexibility index (Phi) is 3.92. The van der Waals surface area contributed by atoms with Gasteiger partial charge >= 0.3 is 5.97 Å². The molecule has 1 aromatic heterocycles. The summed E-state index contributed by atoms with van der Waals surface area (Å²) < 4.78 is 2.05. The topological polar surface area (TPSA) is 55.1 Å². The van der Waals surface area contributed by atoms with E-state index < -0.39 is 5.97 Å². The molecule has 4 nitrogen and oxygen atoms in total. The molecule has 0 fully saturated rings. The lowest BCUT2D eigenvalue weighted by Crippen LogP contribution is -2.13. The number of nitrogens with zero attached hydrogens (tertiary/aromatic N) is 2. The predicted octanol–water partition coefficient (Wildman–Crippen LogP) is 3.66. The normalized spacial score (nSPS) is 12.4. The number of fused-ring (bicyclic) bond motifs is 1. The van der Waals surface area contributed by atoms with Gasteiger partial charge in [0.1, 0.15) is 5.82 Å². The van der Waals surface area contributed by atoms with Gasteiger partial charge in [0.25, 0.3) is 0 Å². The van der Waals surface area contributed by atoms with Crippen molar-refractivity contribution in [1.29, 1.82) is 0 Å². The van der Waals surface area contributed by atoms with Gasteiger partial charge in [0.15, 0.2) is 0 Å². The highest BCUT2D eigenvalue weighted by atomic mass is 16.4. The predicted molar refractivity (Wildman–Crippen MR) is 85.9 cm³/mol. The van der Waals surface area contributed by atoms with E-state index in [0.717, 1.165) is 16.9 Å². The molecule has 1 atom stereocenters. The Bertz CT molecular complexity index is 793. The van der Waals surface area contributed by atoms with Crippen LogP contribution in [-0.4, -0.2) is 20.6 Å². The second kappa shape index (κ2) is 6.02. The number of imidazole rings is 1. The first-order valence-corrected chi connectivity index (χ1v) is 7.36. The fourth-order valence-electron chi connectivity index (χ4n) is 2.83. The van der Waals surface area contributed by atoms with Crippen molar-refractivity contribution in [2.24, 2.45) is 0 Å². The van der Waals surface area contributed by atoms with Gasteiger partial charge in [0.2, 0.25) is 0 Å². The Morgan fingerprint density at radius 1 is 1.14 bits per heavy atom. The smallest absolute Gasteiger partial charge is 0.305 e. The average molecular weight is 294 g/mol. The molecule has 1 heterocycles. The first-order chi connectivity index (χ1) is 10.6. The van der Waals surface area contributed by atoms with Gasteiger partial charge in [-0.2, -0.15) is 0 Å². The fraction of sp³-hybridized carbons (Fsp3) is 0.222. The Morgan fingerprint density at radius 2 is 1.82 bits per heavy atom. The minimum Gasteiger partial charge on any atom is -0.481 e. The molecule has 1 N–H and O–H groups in total. The van der Waals surface area contributed by atoms with Crippen LogP contribution < -0.4 is 0 Å². The third-order valence-electron chi connectivity index (χ3n) is 3.78. The van der Waals surface area contributed by atoms with E-state index in [1.54, 1.807) is 0 Å². The molecular formula is C18H18N2O2. The molecule has 0 aliphatic rings. The molecule has 112 valence electrons. The Morgan fingerprint density at radius 3 is 2.55 bits per heavy atom. The van der Waals surface area contributed by atoms with Gasteiger partial charge < -0.3 is 9.67 Å². The molecule has 0 radical (unpaired) electrons. The molecular weight excluding hydrogens is 276 g/mol. The van der Waals surface area contributed by atoms with Crippen molar-refractivity contribution >= 4 is 17.0 Å². The number of carboxylic acid groups (broad SMARTS) is 1. The van der Waals surface area contributed by atoms with Crippen molar-refractivity contribution in [2.45, 2.75) is 25.8 Å². The van der Waals surface area contributed by atoms with Gasteiger partial charge in [-0.1, -0.05) is 42.5 Å². The fourth-order valence-corrected chi connectivity index (χ4v) is 2.83. The first kappa shape index (κ1) is 14.3. The number of para-hydroxylation sites is 2. The zero-order valence-electron chi connectivity index (χ0n) is 12.4. The lowest BCUT2D eigenvalue weighted by Gasteiger charge is -2.16. The summed E-state index contributed by atoms with van der Waals surface area (Å²) in [6.45, 7) is 1.93. The van der Waals surface area contributed by atoms with Gasteiger partial charge in [-0.15, -0.1) is 0 Å². The second-order valence-corrected chi connectivity index (χ2v) is 5.50. The van der Waals surface area contributed by atoms with Gasteiger partial charge in [-0.25, -0.2) is 4.98 Å². The standard InChI is InChI=1S/C18H18N2O2/c1-13(11-18(21)22)20-16-10-6-5-9-15(16)19-17(20)12-14-7-3-2-4-8-14/h2-10,13H,11-12H2,1H3,(H,21,22). The molecule has 0 spiro atoms. The molecule has 0 aliphatic carbocycles. The number of rotatable bonds is 5. The number of aliphatic carboxylic acids is 1. The van der Waals surface area contributed by atoms with Crippen molar-refractivity contribution < 1.29 is 9.90 Å².